The van der Waals surface area contributed by atoms with Crippen molar-refractivity contribution in [1.29, 1.82) is 0 Å². The first kappa shape index (κ1) is 15.8. The Hall–Kier alpha value is -1.30. The van der Waals surface area contributed by atoms with Crippen LogP contribution < -0.4 is 5.32 Å². The lowest BCUT2D eigenvalue weighted by Crippen LogP contribution is -2.32. The number of rotatable bonds is 7. The van der Waals surface area contributed by atoms with Gasteiger partial charge in [0.1, 0.15) is 17.7 Å². The minimum absolute atomic E-state index is 0.151. The van der Waals surface area contributed by atoms with Crippen molar-refractivity contribution in [2.75, 3.05) is 25.2 Å². The quantitative estimate of drug-likeness (QED) is 0.776. The Labute approximate surface area is 118 Å². The summed E-state index contributed by atoms with van der Waals surface area (Å²) in [5.41, 5.74) is 0.368. The van der Waals surface area contributed by atoms with Crippen LogP contribution in [0.5, 0.6) is 0 Å². The van der Waals surface area contributed by atoms with Crippen LogP contribution in [0.25, 0.3) is 0 Å². The summed E-state index contributed by atoms with van der Waals surface area (Å²) in [5, 5.41) is 3.25. The third-order valence-corrected chi connectivity index (χ3v) is 5.00. The van der Waals surface area contributed by atoms with E-state index in [1.54, 1.807) is 0 Å². The maximum absolute atomic E-state index is 11.6. The minimum atomic E-state index is -0.425. The highest BCUT2D eigenvalue weighted by Crippen LogP contribution is 2.30. The fraction of sp³-hybridized carbons (Fsp3) is 0.615. The van der Waals surface area contributed by atoms with Crippen LogP contribution in [0.2, 0.25) is 0 Å². The molecule has 0 fully saturated rings. The second-order valence-corrected chi connectivity index (χ2v) is 5.50. The second kappa shape index (κ2) is 7.33. The van der Waals surface area contributed by atoms with Crippen molar-refractivity contribution in [3.05, 3.63) is 18.1 Å². The molecule has 1 aromatic heterocycles. The molecular formula is C13H21N3O2S. The standard InChI is InChI=1S/C13H21N3O2S/c1-5-13(6-2,19-4)8-15-11-10(12(17)18-3)7-14-9-16-11/h7,9H,5-6,8H2,1-4H3,(H,14,15,16). The van der Waals surface area contributed by atoms with E-state index in [2.05, 4.69) is 35.4 Å². The van der Waals surface area contributed by atoms with Crippen LogP contribution in [-0.4, -0.2) is 40.6 Å². The first-order valence-electron chi connectivity index (χ1n) is 6.29. The van der Waals surface area contributed by atoms with E-state index in [9.17, 15) is 4.79 Å². The fourth-order valence-corrected chi connectivity index (χ4v) is 2.63. The van der Waals surface area contributed by atoms with Crippen LogP contribution in [0, 0.1) is 0 Å². The van der Waals surface area contributed by atoms with Crippen molar-refractivity contribution in [2.24, 2.45) is 0 Å². The van der Waals surface area contributed by atoms with Crippen LogP contribution in [0.4, 0.5) is 5.82 Å². The third-order valence-electron chi connectivity index (χ3n) is 3.42. The molecule has 0 atom stereocenters. The molecule has 0 aliphatic carbocycles. The molecule has 0 radical (unpaired) electrons. The van der Waals surface area contributed by atoms with E-state index >= 15 is 0 Å². The average molecular weight is 283 g/mol. The van der Waals surface area contributed by atoms with Crippen LogP contribution in [0.3, 0.4) is 0 Å². The number of carbonyl (C=O) groups excluding carboxylic acids is 1. The molecule has 1 rings (SSSR count). The summed E-state index contributed by atoms with van der Waals surface area (Å²) in [4.78, 5) is 19.6. The molecular weight excluding hydrogens is 262 g/mol. The first-order chi connectivity index (χ1) is 9.12. The maximum Gasteiger partial charge on any atom is 0.343 e. The molecule has 1 heterocycles. The van der Waals surface area contributed by atoms with E-state index in [1.807, 2.05) is 11.8 Å². The summed E-state index contributed by atoms with van der Waals surface area (Å²) in [5.74, 6) is 0.105. The van der Waals surface area contributed by atoms with Gasteiger partial charge in [0.05, 0.1) is 7.11 Å². The third kappa shape index (κ3) is 3.83. The number of aromatic nitrogens is 2. The largest absolute Gasteiger partial charge is 0.465 e. The number of anilines is 1. The molecule has 1 aromatic rings. The van der Waals surface area contributed by atoms with Crippen LogP contribution >= 0.6 is 11.8 Å². The van der Waals surface area contributed by atoms with Crippen molar-refractivity contribution in [2.45, 2.75) is 31.4 Å². The highest BCUT2D eigenvalue weighted by molar-refractivity contribution is 8.00. The molecule has 0 aliphatic heterocycles. The van der Waals surface area contributed by atoms with Gasteiger partial charge in [0.15, 0.2) is 0 Å². The summed E-state index contributed by atoms with van der Waals surface area (Å²) >= 11 is 1.83. The Balaban J connectivity index is 2.85. The van der Waals surface area contributed by atoms with E-state index in [1.165, 1.54) is 19.6 Å². The number of thioether (sulfide) groups is 1. The normalized spacial score (nSPS) is 11.2. The average Bonchev–Trinajstić information content (AvgIpc) is 2.49. The van der Waals surface area contributed by atoms with Gasteiger partial charge in [-0.15, -0.1) is 0 Å². The SMILES string of the molecule is CCC(CC)(CNc1ncncc1C(=O)OC)SC. The Kier molecular flexibility index (Phi) is 6.08. The fourth-order valence-electron chi connectivity index (χ4n) is 1.84. The Morgan fingerprint density at radius 1 is 1.47 bits per heavy atom. The van der Waals surface area contributed by atoms with Crippen molar-refractivity contribution in [3.8, 4) is 0 Å². The Bertz CT molecular complexity index is 414. The monoisotopic (exact) mass is 283 g/mol. The van der Waals surface area contributed by atoms with E-state index in [4.69, 9.17) is 4.74 Å². The summed E-state index contributed by atoms with van der Waals surface area (Å²) in [7, 11) is 1.35. The Morgan fingerprint density at radius 2 is 2.16 bits per heavy atom. The lowest BCUT2D eigenvalue weighted by Gasteiger charge is -2.30. The van der Waals surface area contributed by atoms with E-state index < -0.39 is 5.97 Å². The number of methoxy groups -OCH3 is 1. The molecule has 106 valence electrons. The lowest BCUT2D eigenvalue weighted by molar-refractivity contribution is 0.0601. The minimum Gasteiger partial charge on any atom is -0.465 e. The number of nitrogens with one attached hydrogen (secondary N) is 1. The Morgan fingerprint density at radius 3 is 2.68 bits per heavy atom. The number of hydrogen-bond donors (Lipinski definition) is 1. The van der Waals surface area contributed by atoms with Crippen LogP contribution in [-0.2, 0) is 4.74 Å². The van der Waals surface area contributed by atoms with E-state index in [0.29, 0.717) is 11.4 Å². The summed E-state index contributed by atoms with van der Waals surface area (Å²) in [6.07, 6.45) is 7.11. The summed E-state index contributed by atoms with van der Waals surface area (Å²) in [6, 6.07) is 0. The molecule has 0 unspecified atom stereocenters. The van der Waals surface area contributed by atoms with Crippen molar-refractivity contribution >= 4 is 23.5 Å². The molecule has 5 nitrogen and oxygen atoms in total. The van der Waals surface area contributed by atoms with Gasteiger partial charge in [-0.2, -0.15) is 11.8 Å². The van der Waals surface area contributed by atoms with Crippen LogP contribution in [0.15, 0.2) is 12.5 Å². The highest BCUT2D eigenvalue weighted by Gasteiger charge is 2.25. The maximum atomic E-state index is 11.6. The number of carbonyl (C=O) groups is 1. The zero-order valence-corrected chi connectivity index (χ0v) is 12.7. The molecule has 19 heavy (non-hydrogen) atoms. The van der Waals surface area contributed by atoms with Gasteiger partial charge in [0, 0.05) is 17.5 Å². The summed E-state index contributed by atoms with van der Waals surface area (Å²) in [6.45, 7) is 5.09. The zero-order valence-electron chi connectivity index (χ0n) is 11.9. The van der Waals surface area contributed by atoms with Crippen molar-refractivity contribution < 1.29 is 9.53 Å². The van der Waals surface area contributed by atoms with Crippen molar-refractivity contribution in [1.82, 2.24) is 9.97 Å². The predicted octanol–water partition coefficient (Wildman–Crippen LogP) is 2.60. The molecule has 1 N–H and O–H groups in total. The van der Waals surface area contributed by atoms with Gasteiger partial charge in [0.2, 0.25) is 0 Å². The molecule has 0 saturated heterocycles. The molecule has 0 saturated carbocycles. The molecule has 0 bridgehead atoms. The number of ether oxygens (including phenoxy) is 1. The molecule has 0 amide bonds. The van der Waals surface area contributed by atoms with Gasteiger partial charge in [-0.1, -0.05) is 13.8 Å². The van der Waals surface area contributed by atoms with Crippen LogP contribution in [0.1, 0.15) is 37.0 Å². The van der Waals surface area contributed by atoms with Gasteiger partial charge in [-0.05, 0) is 19.1 Å². The molecule has 0 aromatic carbocycles. The number of hydrogen-bond acceptors (Lipinski definition) is 6. The van der Waals surface area contributed by atoms with Gasteiger partial charge in [-0.3, -0.25) is 0 Å². The van der Waals surface area contributed by atoms with Gasteiger partial charge >= 0.3 is 5.97 Å². The molecule has 6 heteroatoms. The second-order valence-electron chi connectivity index (χ2n) is 4.22. The topological polar surface area (TPSA) is 64.1 Å². The number of esters is 1. The smallest absolute Gasteiger partial charge is 0.343 e. The van der Waals surface area contributed by atoms with Gasteiger partial charge in [0.25, 0.3) is 0 Å². The van der Waals surface area contributed by atoms with E-state index in [-0.39, 0.29) is 4.75 Å². The van der Waals surface area contributed by atoms with Gasteiger partial charge < -0.3 is 10.1 Å². The first-order valence-corrected chi connectivity index (χ1v) is 7.52. The number of nitrogens with zero attached hydrogens (tertiary/aromatic N) is 2. The molecule has 0 spiro atoms. The highest BCUT2D eigenvalue weighted by atomic mass is 32.2. The van der Waals surface area contributed by atoms with Crippen molar-refractivity contribution in [3.63, 3.8) is 0 Å². The van der Waals surface area contributed by atoms with Gasteiger partial charge in [-0.25, -0.2) is 14.8 Å². The van der Waals surface area contributed by atoms with E-state index in [0.717, 1.165) is 19.4 Å². The summed E-state index contributed by atoms with van der Waals surface area (Å²) < 4.78 is 4.87. The lowest BCUT2D eigenvalue weighted by atomic mass is 10.0. The predicted molar refractivity (Wildman–Crippen MR) is 78.7 cm³/mol. The molecule has 0 aliphatic rings. The zero-order chi connectivity index (χ0) is 14.3.